The molecule has 0 saturated carbocycles. The SMILES string of the molecule is CCN(c1ccccc1F)S(=O)(=O)c1c(CO)n[nH]c1C. The van der Waals surface area contributed by atoms with Gasteiger partial charge in [0.1, 0.15) is 16.4 Å². The number of nitrogens with one attached hydrogen (secondary N) is 1. The normalized spacial score (nSPS) is 11.6. The maximum atomic E-state index is 13.9. The lowest BCUT2D eigenvalue weighted by atomic mass is 10.3. The van der Waals surface area contributed by atoms with Gasteiger partial charge < -0.3 is 5.11 Å². The Bertz CT molecular complexity index is 743. The van der Waals surface area contributed by atoms with E-state index in [1.54, 1.807) is 13.0 Å². The molecule has 6 nitrogen and oxygen atoms in total. The van der Waals surface area contributed by atoms with E-state index in [4.69, 9.17) is 0 Å². The maximum absolute atomic E-state index is 13.9. The van der Waals surface area contributed by atoms with Crippen LogP contribution in [0, 0.1) is 12.7 Å². The third-order valence-corrected chi connectivity index (χ3v) is 5.16. The molecular weight excluding hydrogens is 297 g/mol. The van der Waals surface area contributed by atoms with E-state index < -0.39 is 22.4 Å². The summed E-state index contributed by atoms with van der Waals surface area (Å²) in [4.78, 5) is -0.116. The average Bonchev–Trinajstić information content (AvgIpc) is 2.83. The van der Waals surface area contributed by atoms with Crippen molar-refractivity contribution in [2.45, 2.75) is 25.3 Å². The monoisotopic (exact) mass is 313 g/mol. The molecule has 2 N–H and O–H groups in total. The molecule has 21 heavy (non-hydrogen) atoms. The number of aromatic amines is 1. The molecule has 0 spiro atoms. The summed E-state index contributed by atoms with van der Waals surface area (Å²) in [6.07, 6.45) is 0. The van der Waals surface area contributed by atoms with E-state index in [1.807, 2.05) is 0 Å². The molecule has 0 aliphatic carbocycles. The lowest BCUT2D eigenvalue weighted by Crippen LogP contribution is -2.32. The van der Waals surface area contributed by atoms with Crippen molar-refractivity contribution < 1.29 is 17.9 Å². The summed E-state index contributed by atoms with van der Waals surface area (Å²) in [5.74, 6) is -0.630. The second-order valence-electron chi connectivity index (χ2n) is 4.40. The summed E-state index contributed by atoms with van der Waals surface area (Å²) >= 11 is 0. The molecule has 0 bridgehead atoms. The summed E-state index contributed by atoms with van der Waals surface area (Å²) in [6, 6.07) is 5.64. The Balaban J connectivity index is 2.61. The van der Waals surface area contributed by atoms with Crippen molar-refractivity contribution in [1.29, 1.82) is 0 Å². The Morgan fingerprint density at radius 3 is 2.62 bits per heavy atom. The summed E-state index contributed by atoms with van der Waals surface area (Å²) in [7, 11) is -4.02. The van der Waals surface area contributed by atoms with Gasteiger partial charge in [-0.3, -0.25) is 9.40 Å². The van der Waals surface area contributed by atoms with E-state index in [2.05, 4.69) is 10.2 Å². The van der Waals surface area contributed by atoms with Gasteiger partial charge in [-0.2, -0.15) is 5.10 Å². The number of hydrogen-bond donors (Lipinski definition) is 2. The molecule has 2 aromatic rings. The highest BCUT2D eigenvalue weighted by molar-refractivity contribution is 7.93. The summed E-state index contributed by atoms with van der Waals surface area (Å²) < 4.78 is 40.4. The van der Waals surface area contributed by atoms with Crippen molar-refractivity contribution in [2.24, 2.45) is 0 Å². The number of benzene rings is 1. The summed E-state index contributed by atoms with van der Waals surface area (Å²) in [5.41, 5.74) is 0.278. The van der Waals surface area contributed by atoms with Gasteiger partial charge in [-0.1, -0.05) is 12.1 Å². The smallest absolute Gasteiger partial charge is 0.268 e. The Hall–Kier alpha value is -1.93. The standard InChI is InChI=1S/C13H16FN3O3S/c1-3-17(12-7-5-4-6-10(12)14)21(19,20)13-9(2)15-16-11(13)8-18/h4-7,18H,3,8H2,1-2H3,(H,15,16). The molecule has 0 fully saturated rings. The zero-order valence-electron chi connectivity index (χ0n) is 11.7. The zero-order chi connectivity index (χ0) is 15.6. The highest BCUT2D eigenvalue weighted by atomic mass is 32.2. The first kappa shape index (κ1) is 15.5. The molecule has 1 aromatic heterocycles. The van der Waals surface area contributed by atoms with Crippen molar-refractivity contribution in [1.82, 2.24) is 10.2 Å². The number of sulfonamides is 1. The Labute approximate surface area is 122 Å². The molecule has 0 aliphatic rings. The van der Waals surface area contributed by atoms with Crippen LogP contribution in [0.4, 0.5) is 10.1 Å². The number of halogens is 1. The van der Waals surface area contributed by atoms with Crippen LogP contribution in [0.3, 0.4) is 0 Å². The first-order valence-corrected chi connectivity index (χ1v) is 7.79. The minimum Gasteiger partial charge on any atom is -0.390 e. The molecule has 1 heterocycles. The van der Waals surface area contributed by atoms with Crippen LogP contribution in [0.15, 0.2) is 29.2 Å². The molecule has 0 amide bonds. The van der Waals surface area contributed by atoms with Gasteiger partial charge in [0.15, 0.2) is 0 Å². The van der Waals surface area contributed by atoms with Crippen molar-refractivity contribution in [3.8, 4) is 0 Å². The number of aryl methyl sites for hydroxylation is 1. The predicted octanol–water partition coefficient (Wildman–Crippen LogP) is 1.56. The highest BCUT2D eigenvalue weighted by Gasteiger charge is 2.31. The van der Waals surface area contributed by atoms with Gasteiger partial charge in [0.25, 0.3) is 10.0 Å². The van der Waals surface area contributed by atoms with Gasteiger partial charge in [0.05, 0.1) is 18.0 Å². The molecule has 2 rings (SSSR count). The number of aromatic nitrogens is 2. The molecular formula is C13H16FN3O3S. The van der Waals surface area contributed by atoms with Crippen LogP contribution >= 0.6 is 0 Å². The lowest BCUT2D eigenvalue weighted by Gasteiger charge is -2.23. The van der Waals surface area contributed by atoms with Gasteiger partial charge in [-0.15, -0.1) is 0 Å². The van der Waals surface area contributed by atoms with E-state index in [-0.39, 0.29) is 22.8 Å². The summed E-state index contributed by atoms with van der Waals surface area (Å²) in [6.45, 7) is 2.68. The number of rotatable bonds is 5. The summed E-state index contributed by atoms with van der Waals surface area (Å²) in [5, 5.41) is 15.5. The van der Waals surface area contributed by atoms with Crippen molar-refractivity contribution >= 4 is 15.7 Å². The Morgan fingerprint density at radius 2 is 2.05 bits per heavy atom. The molecule has 8 heteroatoms. The van der Waals surface area contributed by atoms with Crippen LogP contribution in [0.5, 0.6) is 0 Å². The fraction of sp³-hybridized carbons (Fsp3) is 0.308. The van der Waals surface area contributed by atoms with Gasteiger partial charge >= 0.3 is 0 Å². The van der Waals surface area contributed by atoms with Crippen LogP contribution < -0.4 is 4.31 Å². The van der Waals surface area contributed by atoms with Crippen LogP contribution in [0.1, 0.15) is 18.3 Å². The zero-order valence-corrected chi connectivity index (χ0v) is 12.5. The van der Waals surface area contributed by atoms with Crippen molar-refractivity contribution in [3.05, 3.63) is 41.5 Å². The topological polar surface area (TPSA) is 86.3 Å². The minimum absolute atomic E-state index is 0.0160. The number of anilines is 1. The second-order valence-corrected chi connectivity index (χ2v) is 6.20. The number of para-hydroxylation sites is 1. The number of H-pyrrole nitrogens is 1. The third kappa shape index (κ3) is 2.64. The van der Waals surface area contributed by atoms with Crippen molar-refractivity contribution in [3.63, 3.8) is 0 Å². The fourth-order valence-corrected chi connectivity index (χ4v) is 3.96. The maximum Gasteiger partial charge on any atom is 0.268 e. The number of aliphatic hydroxyl groups is 1. The molecule has 0 saturated heterocycles. The van der Waals surface area contributed by atoms with Crippen LogP contribution in [0.2, 0.25) is 0 Å². The van der Waals surface area contributed by atoms with E-state index >= 15 is 0 Å². The second kappa shape index (κ2) is 5.82. The van der Waals surface area contributed by atoms with Crippen LogP contribution in [0.25, 0.3) is 0 Å². The predicted molar refractivity (Wildman–Crippen MR) is 75.9 cm³/mol. The van der Waals surface area contributed by atoms with E-state index in [1.165, 1.54) is 25.1 Å². The van der Waals surface area contributed by atoms with E-state index in [0.717, 1.165) is 4.31 Å². The molecule has 0 atom stereocenters. The largest absolute Gasteiger partial charge is 0.390 e. The number of aliphatic hydroxyl groups excluding tert-OH is 1. The first-order valence-electron chi connectivity index (χ1n) is 6.35. The molecule has 114 valence electrons. The molecule has 0 unspecified atom stereocenters. The molecule has 0 aliphatic heterocycles. The average molecular weight is 313 g/mol. The van der Waals surface area contributed by atoms with E-state index in [0.29, 0.717) is 5.69 Å². The van der Waals surface area contributed by atoms with Crippen molar-refractivity contribution in [2.75, 3.05) is 10.8 Å². The quantitative estimate of drug-likeness (QED) is 0.877. The Morgan fingerprint density at radius 1 is 1.38 bits per heavy atom. The first-order chi connectivity index (χ1) is 9.93. The van der Waals surface area contributed by atoms with Gasteiger partial charge in [0.2, 0.25) is 0 Å². The van der Waals surface area contributed by atoms with Gasteiger partial charge in [0, 0.05) is 6.54 Å². The molecule has 0 radical (unpaired) electrons. The van der Waals surface area contributed by atoms with Gasteiger partial charge in [-0.05, 0) is 26.0 Å². The number of hydrogen-bond acceptors (Lipinski definition) is 4. The van der Waals surface area contributed by atoms with Crippen LogP contribution in [-0.2, 0) is 16.6 Å². The Kier molecular flexibility index (Phi) is 4.29. The lowest BCUT2D eigenvalue weighted by molar-refractivity contribution is 0.273. The van der Waals surface area contributed by atoms with Gasteiger partial charge in [-0.25, -0.2) is 12.8 Å². The molecule has 1 aromatic carbocycles. The van der Waals surface area contributed by atoms with Crippen LogP contribution in [-0.4, -0.2) is 30.3 Å². The minimum atomic E-state index is -4.02. The fourth-order valence-electron chi connectivity index (χ4n) is 2.15. The highest BCUT2D eigenvalue weighted by Crippen LogP contribution is 2.28. The number of nitrogens with zero attached hydrogens (tertiary/aromatic N) is 2. The van der Waals surface area contributed by atoms with E-state index in [9.17, 15) is 17.9 Å². The third-order valence-electron chi connectivity index (χ3n) is 3.07.